The smallest absolute Gasteiger partial charge is 0.411 e. The topological polar surface area (TPSA) is 89.6 Å². The highest BCUT2D eigenvalue weighted by atomic mass is 16.7. The zero-order valence-corrected chi connectivity index (χ0v) is 27.9. The number of hydrogen-bond acceptors (Lipinski definition) is 7. The number of carbonyl (C=O) groups is 2. The lowest BCUT2D eigenvalue weighted by atomic mass is 10.0. The van der Waals surface area contributed by atoms with Crippen molar-refractivity contribution in [2.45, 2.75) is 51.5 Å². The molecule has 0 spiro atoms. The Kier molecular flexibility index (Phi) is 12.8. The maximum absolute atomic E-state index is 12.8. The van der Waals surface area contributed by atoms with Gasteiger partial charge >= 0.3 is 6.09 Å². The summed E-state index contributed by atoms with van der Waals surface area (Å²) in [5, 5.41) is 2.98. The Bertz CT molecular complexity index is 1400. The van der Waals surface area contributed by atoms with Gasteiger partial charge in [0.25, 0.3) is 0 Å². The first-order valence-corrected chi connectivity index (χ1v) is 16.8. The largest absolute Gasteiger partial charge is 0.446 e. The average Bonchev–Trinajstić information content (AvgIpc) is 3.64. The van der Waals surface area contributed by atoms with Gasteiger partial charge in [-0.3, -0.25) is 15.0 Å². The second-order valence-electron chi connectivity index (χ2n) is 12.5. The fourth-order valence-corrected chi connectivity index (χ4v) is 6.83. The molecule has 5 rings (SSSR count). The number of para-hydroxylation sites is 1. The minimum atomic E-state index is -0.421. The number of amides is 2. The molecule has 3 atom stereocenters. The Morgan fingerprint density at radius 3 is 2.21 bits per heavy atom. The second kappa shape index (κ2) is 17.4. The van der Waals surface area contributed by atoms with E-state index in [0.717, 1.165) is 55.7 Å². The zero-order valence-electron chi connectivity index (χ0n) is 27.9. The van der Waals surface area contributed by atoms with Gasteiger partial charge in [-0.05, 0) is 60.8 Å². The fraction of sp³-hybridized carbons (Fsp3) is 0.474. The summed E-state index contributed by atoms with van der Waals surface area (Å²) in [5.74, 6) is 1.15. The Hall–Kier alpha value is -3.76. The van der Waals surface area contributed by atoms with Crippen LogP contribution in [0.25, 0.3) is 11.1 Å². The van der Waals surface area contributed by atoms with E-state index in [-0.39, 0.29) is 18.1 Å². The molecule has 1 N–H and O–H groups in total. The van der Waals surface area contributed by atoms with Crippen LogP contribution in [0.5, 0.6) is 0 Å². The number of nitrogens with one attached hydrogen (secondary N) is 1. The van der Waals surface area contributed by atoms with Crippen molar-refractivity contribution in [1.29, 1.82) is 0 Å². The number of benzene rings is 3. The Morgan fingerprint density at radius 1 is 0.872 bits per heavy atom. The third-order valence-electron chi connectivity index (χ3n) is 9.36. The monoisotopic (exact) mass is 643 g/mol. The molecule has 3 aromatic rings. The van der Waals surface area contributed by atoms with E-state index in [9.17, 15) is 9.59 Å². The number of hydrogen-bond donors (Lipinski definition) is 1. The van der Waals surface area contributed by atoms with E-state index in [1.807, 2.05) is 61.5 Å². The van der Waals surface area contributed by atoms with Crippen LogP contribution in [0.1, 0.15) is 37.3 Å². The molecule has 1 heterocycles. The molecule has 1 aliphatic carbocycles. The van der Waals surface area contributed by atoms with Gasteiger partial charge in [-0.25, -0.2) is 4.79 Å². The molecule has 0 aromatic heterocycles. The maximum atomic E-state index is 12.8. The van der Waals surface area contributed by atoms with E-state index >= 15 is 0 Å². The molecule has 2 amide bonds. The number of likely N-dealkylation sites (N-methyl/N-ethyl adjacent to an activating group) is 1. The van der Waals surface area contributed by atoms with E-state index < -0.39 is 6.29 Å². The van der Waals surface area contributed by atoms with E-state index in [1.54, 1.807) is 19.1 Å². The summed E-state index contributed by atoms with van der Waals surface area (Å²) < 4.78 is 22.1. The predicted octanol–water partition coefficient (Wildman–Crippen LogP) is 6.23. The lowest BCUT2D eigenvalue weighted by Gasteiger charge is -2.25. The molecule has 0 radical (unpaired) electrons. The normalized spacial score (nSPS) is 19.1. The van der Waals surface area contributed by atoms with Gasteiger partial charge in [-0.2, -0.15) is 0 Å². The summed E-state index contributed by atoms with van der Waals surface area (Å²) in [6, 6.07) is 26.7. The van der Waals surface area contributed by atoms with Crippen LogP contribution < -0.4 is 5.32 Å². The molecule has 2 aliphatic rings. The summed E-state index contributed by atoms with van der Waals surface area (Å²) in [4.78, 5) is 29.6. The summed E-state index contributed by atoms with van der Waals surface area (Å²) in [7, 11) is 3.14. The van der Waals surface area contributed by atoms with Crippen molar-refractivity contribution in [3.05, 3.63) is 90.0 Å². The van der Waals surface area contributed by atoms with Gasteiger partial charge in [0, 0.05) is 46.0 Å². The second-order valence-corrected chi connectivity index (χ2v) is 12.5. The average molecular weight is 644 g/mol. The number of anilines is 1. The standard InChI is InChI=1S/C38H49N3O6/c1-4-41(27-37(44-2)45-3)36(42)19-21-46-20-18-28-14-16-29(17-15-28)24-40-25-31-22-33(23-32(31)26-40)47-38(43)39-35-13-9-8-12-34(35)30-10-6-5-7-11-30/h5-17,31-33,37H,4,18-27H2,1-3H3,(H,39,43)/t31-,32?,33?/m1/s1. The lowest BCUT2D eigenvalue weighted by Crippen LogP contribution is -2.39. The molecule has 0 bridgehead atoms. The minimum absolute atomic E-state index is 0.0382. The van der Waals surface area contributed by atoms with Crippen molar-refractivity contribution >= 4 is 17.7 Å². The number of ether oxygens (including phenoxy) is 4. The Balaban J connectivity index is 0.982. The van der Waals surface area contributed by atoms with E-state index in [1.165, 1.54) is 11.1 Å². The van der Waals surface area contributed by atoms with E-state index in [2.05, 4.69) is 34.5 Å². The van der Waals surface area contributed by atoms with Crippen LogP contribution in [0, 0.1) is 11.8 Å². The molecule has 1 saturated heterocycles. The molecule has 9 heteroatoms. The lowest BCUT2D eigenvalue weighted by molar-refractivity contribution is -0.145. The summed E-state index contributed by atoms with van der Waals surface area (Å²) in [6.45, 7) is 6.92. The first kappa shape index (κ1) is 34.6. The minimum Gasteiger partial charge on any atom is -0.446 e. The molecule has 3 aromatic carbocycles. The van der Waals surface area contributed by atoms with Crippen LogP contribution >= 0.6 is 0 Å². The van der Waals surface area contributed by atoms with Gasteiger partial charge in [0.15, 0.2) is 6.29 Å². The van der Waals surface area contributed by atoms with Crippen LogP contribution in [0.4, 0.5) is 10.5 Å². The van der Waals surface area contributed by atoms with Crippen molar-refractivity contribution in [3.8, 4) is 11.1 Å². The van der Waals surface area contributed by atoms with Crippen LogP contribution in [-0.4, -0.2) is 87.8 Å². The van der Waals surface area contributed by atoms with E-state index in [4.69, 9.17) is 18.9 Å². The van der Waals surface area contributed by atoms with Crippen LogP contribution in [-0.2, 0) is 36.7 Å². The van der Waals surface area contributed by atoms with Crippen molar-refractivity contribution in [2.24, 2.45) is 11.8 Å². The number of methoxy groups -OCH3 is 2. The fourth-order valence-electron chi connectivity index (χ4n) is 6.83. The third kappa shape index (κ3) is 9.87. The van der Waals surface area contributed by atoms with E-state index in [0.29, 0.717) is 44.6 Å². The molecular formula is C38H49N3O6. The number of nitrogens with zero attached hydrogens (tertiary/aromatic N) is 2. The third-order valence-corrected chi connectivity index (χ3v) is 9.36. The number of fused-ring (bicyclic) bond motifs is 1. The van der Waals surface area contributed by atoms with Crippen LogP contribution in [0.15, 0.2) is 78.9 Å². The number of rotatable bonds is 16. The highest BCUT2D eigenvalue weighted by Crippen LogP contribution is 2.40. The Labute approximate surface area is 279 Å². The number of carbonyl (C=O) groups excluding carboxylic acids is 2. The van der Waals surface area contributed by atoms with Gasteiger partial charge in [-0.1, -0.05) is 72.8 Å². The van der Waals surface area contributed by atoms with Crippen LogP contribution in [0.3, 0.4) is 0 Å². The summed E-state index contributed by atoms with van der Waals surface area (Å²) in [6.07, 6.45) is 2.13. The van der Waals surface area contributed by atoms with Gasteiger partial charge < -0.3 is 23.8 Å². The molecule has 1 aliphatic heterocycles. The van der Waals surface area contributed by atoms with Gasteiger partial charge in [0.1, 0.15) is 6.10 Å². The quantitative estimate of drug-likeness (QED) is 0.146. The molecule has 2 fully saturated rings. The molecular weight excluding hydrogens is 594 g/mol. The highest BCUT2D eigenvalue weighted by Gasteiger charge is 2.42. The predicted molar refractivity (Wildman–Crippen MR) is 183 cm³/mol. The van der Waals surface area contributed by atoms with Crippen LogP contribution in [0.2, 0.25) is 0 Å². The Morgan fingerprint density at radius 2 is 1.53 bits per heavy atom. The number of likely N-dealkylation sites (tertiary alicyclic amines) is 1. The molecule has 47 heavy (non-hydrogen) atoms. The maximum Gasteiger partial charge on any atom is 0.411 e. The van der Waals surface area contributed by atoms with Crippen molar-refractivity contribution in [3.63, 3.8) is 0 Å². The van der Waals surface area contributed by atoms with Crippen molar-refractivity contribution < 1.29 is 28.5 Å². The summed E-state index contributed by atoms with van der Waals surface area (Å²) in [5.41, 5.74) is 5.32. The van der Waals surface area contributed by atoms with Gasteiger partial charge in [0.05, 0.1) is 31.9 Å². The first-order valence-electron chi connectivity index (χ1n) is 16.8. The zero-order chi connectivity index (χ0) is 33.0. The summed E-state index contributed by atoms with van der Waals surface area (Å²) >= 11 is 0. The molecule has 1 saturated carbocycles. The molecule has 2 unspecified atom stereocenters. The van der Waals surface area contributed by atoms with Gasteiger partial charge in [0.2, 0.25) is 5.91 Å². The SMILES string of the molecule is CCN(CC(OC)OC)C(=O)CCOCCc1ccc(CN2CC3CC(OC(=O)Nc4ccccc4-c4ccccc4)C[C@@H]3C2)cc1. The first-order chi connectivity index (χ1) is 22.9. The molecule has 9 nitrogen and oxygen atoms in total. The van der Waals surface area contributed by atoms with Gasteiger partial charge in [-0.15, -0.1) is 0 Å². The van der Waals surface area contributed by atoms with Crippen molar-refractivity contribution in [1.82, 2.24) is 9.80 Å². The molecule has 252 valence electrons. The van der Waals surface area contributed by atoms with Crippen molar-refractivity contribution in [2.75, 3.05) is 58.9 Å². The highest BCUT2D eigenvalue weighted by molar-refractivity contribution is 5.91.